The van der Waals surface area contributed by atoms with Gasteiger partial charge in [0.05, 0.1) is 6.54 Å². The summed E-state index contributed by atoms with van der Waals surface area (Å²) >= 11 is 5.42. The van der Waals surface area contributed by atoms with Crippen molar-refractivity contribution in [3.63, 3.8) is 0 Å². The molecule has 0 aliphatic heterocycles. The molecule has 1 aromatic heterocycles. The van der Waals surface area contributed by atoms with E-state index >= 15 is 0 Å². The number of carbonyl (C=O) groups excluding carboxylic acids is 1. The predicted octanol–water partition coefficient (Wildman–Crippen LogP) is 2.03. The molecule has 0 aliphatic carbocycles. The molecule has 3 nitrogen and oxygen atoms in total. The molecule has 84 valence electrons. The largest absolute Gasteiger partial charge is 0.349 e. The van der Waals surface area contributed by atoms with E-state index in [2.05, 4.69) is 28.1 Å². The molecular weight excluding hydrogens is 224 g/mol. The van der Waals surface area contributed by atoms with Gasteiger partial charge in [0.1, 0.15) is 5.88 Å². The van der Waals surface area contributed by atoms with Gasteiger partial charge in [-0.2, -0.15) is 0 Å². The van der Waals surface area contributed by atoms with E-state index in [0.717, 1.165) is 11.2 Å². The molecule has 4 heteroatoms. The van der Waals surface area contributed by atoms with Crippen LogP contribution in [0.4, 0.5) is 0 Å². The van der Waals surface area contributed by atoms with Crippen LogP contribution in [0.15, 0.2) is 30.3 Å². The molecule has 0 unspecified atom stereocenters. The molecule has 1 amide bonds. The number of fused-ring (bicyclic) bond motifs is 1. The molecule has 1 heterocycles. The Labute approximate surface area is 99.0 Å². The number of nitrogens with one attached hydrogen (secondary N) is 1. The molecule has 0 atom stereocenters. The van der Waals surface area contributed by atoms with Crippen molar-refractivity contribution in [2.45, 2.75) is 6.54 Å². The highest BCUT2D eigenvalue weighted by Crippen LogP contribution is 2.17. The summed E-state index contributed by atoms with van der Waals surface area (Å²) in [7, 11) is 1.99. The van der Waals surface area contributed by atoms with Crippen LogP contribution in [-0.4, -0.2) is 16.4 Å². The number of halogens is 1. The number of nitrogens with zero attached hydrogens (tertiary/aromatic N) is 1. The van der Waals surface area contributed by atoms with Crippen molar-refractivity contribution >= 4 is 28.4 Å². The Kier molecular flexibility index (Phi) is 3.15. The molecule has 0 spiro atoms. The quantitative estimate of drug-likeness (QED) is 0.813. The van der Waals surface area contributed by atoms with Gasteiger partial charge in [-0.1, -0.05) is 18.2 Å². The number of hydrogen-bond donors (Lipinski definition) is 1. The van der Waals surface area contributed by atoms with E-state index in [0.29, 0.717) is 6.54 Å². The molecule has 1 aromatic carbocycles. The zero-order chi connectivity index (χ0) is 11.5. The highest BCUT2D eigenvalue weighted by atomic mass is 35.5. The molecule has 0 saturated carbocycles. The summed E-state index contributed by atoms with van der Waals surface area (Å²) in [4.78, 5) is 11.1. The van der Waals surface area contributed by atoms with Crippen molar-refractivity contribution in [1.82, 2.24) is 9.88 Å². The number of aromatic nitrogens is 1. The van der Waals surface area contributed by atoms with E-state index in [1.807, 2.05) is 19.2 Å². The fraction of sp³-hybridized carbons (Fsp3) is 0.250. The molecular formula is C12H13ClN2O. The van der Waals surface area contributed by atoms with Gasteiger partial charge >= 0.3 is 0 Å². The third-order valence-corrected chi connectivity index (χ3v) is 2.88. The molecule has 0 saturated heterocycles. The van der Waals surface area contributed by atoms with Gasteiger partial charge in [0.15, 0.2) is 0 Å². The second-order valence-corrected chi connectivity index (χ2v) is 3.93. The number of benzene rings is 1. The fourth-order valence-electron chi connectivity index (χ4n) is 1.75. The van der Waals surface area contributed by atoms with Crippen LogP contribution in [0.3, 0.4) is 0 Å². The molecule has 2 aromatic rings. The van der Waals surface area contributed by atoms with Crippen LogP contribution in [0.1, 0.15) is 5.69 Å². The number of alkyl halides is 1. The smallest absolute Gasteiger partial charge is 0.235 e. The van der Waals surface area contributed by atoms with Crippen LogP contribution in [0.5, 0.6) is 0 Å². The zero-order valence-electron chi connectivity index (χ0n) is 9.03. The van der Waals surface area contributed by atoms with Crippen LogP contribution in [-0.2, 0) is 18.4 Å². The van der Waals surface area contributed by atoms with Gasteiger partial charge in [-0.05, 0) is 17.5 Å². The first-order valence-electron chi connectivity index (χ1n) is 5.08. The second kappa shape index (κ2) is 4.58. The Morgan fingerprint density at radius 1 is 1.44 bits per heavy atom. The summed E-state index contributed by atoms with van der Waals surface area (Å²) in [6.45, 7) is 0.511. The minimum Gasteiger partial charge on any atom is -0.349 e. The van der Waals surface area contributed by atoms with E-state index in [9.17, 15) is 4.79 Å². The Bertz CT molecular complexity index is 519. The van der Waals surface area contributed by atoms with Gasteiger partial charge in [-0.15, -0.1) is 11.6 Å². The highest BCUT2D eigenvalue weighted by Gasteiger charge is 2.05. The lowest BCUT2D eigenvalue weighted by molar-refractivity contribution is -0.118. The van der Waals surface area contributed by atoms with Crippen molar-refractivity contribution in [1.29, 1.82) is 0 Å². The SMILES string of the molecule is Cn1c(CNC(=O)CCl)cc2ccccc21. The monoisotopic (exact) mass is 236 g/mol. The van der Waals surface area contributed by atoms with Gasteiger partial charge in [0.2, 0.25) is 5.91 Å². The molecule has 2 rings (SSSR count). The van der Waals surface area contributed by atoms with Crippen molar-refractivity contribution in [2.75, 3.05) is 5.88 Å². The second-order valence-electron chi connectivity index (χ2n) is 3.66. The maximum atomic E-state index is 11.1. The molecule has 0 fully saturated rings. The third kappa shape index (κ3) is 2.04. The molecule has 0 radical (unpaired) electrons. The molecule has 1 N–H and O–H groups in total. The van der Waals surface area contributed by atoms with E-state index < -0.39 is 0 Å². The summed E-state index contributed by atoms with van der Waals surface area (Å²) in [6, 6.07) is 10.2. The Morgan fingerprint density at radius 3 is 2.88 bits per heavy atom. The van der Waals surface area contributed by atoms with Crippen molar-refractivity contribution in [2.24, 2.45) is 7.05 Å². The van der Waals surface area contributed by atoms with Crippen LogP contribution in [0.2, 0.25) is 0 Å². The van der Waals surface area contributed by atoms with Gasteiger partial charge in [-0.3, -0.25) is 4.79 Å². The number of amides is 1. The minimum atomic E-state index is -0.146. The Morgan fingerprint density at radius 2 is 2.19 bits per heavy atom. The molecule has 0 aliphatic rings. The summed E-state index contributed by atoms with van der Waals surface area (Å²) < 4.78 is 2.07. The number of carbonyl (C=O) groups is 1. The first-order valence-corrected chi connectivity index (χ1v) is 5.62. The van der Waals surface area contributed by atoms with Crippen LogP contribution < -0.4 is 5.32 Å². The summed E-state index contributed by atoms with van der Waals surface area (Å²) in [5.74, 6) is -0.142. The molecule has 16 heavy (non-hydrogen) atoms. The Hall–Kier alpha value is -1.48. The number of aryl methyl sites for hydroxylation is 1. The average Bonchev–Trinajstić information content (AvgIpc) is 2.64. The number of hydrogen-bond acceptors (Lipinski definition) is 1. The average molecular weight is 237 g/mol. The minimum absolute atomic E-state index is 0.00391. The van der Waals surface area contributed by atoms with Crippen molar-refractivity contribution < 1.29 is 4.79 Å². The van der Waals surface area contributed by atoms with E-state index in [-0.39, 0.29) is 11.8 Å². The zero-order valence-corrected chi connectivity index (χ0v) is 9.79. The lowest BCUT2D eigenvalue weighted by atomic mass is 10.2. The highest BCUT2D eigenvalue weighted by molar-refractivity contribution is 6.27. The molecule has 0 bridgehead atoms. The van der Waals surface area contributed by atoms with Crippen LogP contribution in [0, 0.1) is 0 Å². The van der Waals surface area contributed by atoms with E-state index in [1.54, 1.807) is 0 Å². The number of para-hydroxylation sites is 1. The predicted molar refractivity (Wildman–Crippen MR) is 65.5 cm³/mol. The van der Waals surface area contributed by atoms with Crippen LogP contribution >= 0.6 is 11.6 Å². The first-order chi connectivity index (χ1) is 7.72. The van der Waals surface area contributed by atoms with Crippen molar-refractivity contribution in [3.05, 3.63) is 36.0 Å². The lowest BCUT2D eigenvalue weighted by Crippen LogP contribution is -2.24. The van der Waals surface area contributed by atoms with Gasteiger partial charge in [0.25, 0.3) is 0 Å². The van der Waals surface area contributed by atoms with Crippen molar-refractivity contribution in [3.8, 4) is 0 Å². The fourth-order valence-corrected chi connectivity index (χ4v) is 1.85. The van der Waals surface area contributed by atoms with E-state index in [1.165, 1.54) is 5.39 Å². The van der Waals surface area contributed by atoms with E-state index in [4.69, 9.17) is 11.6 Å². The standard InChI is InChI=1S/C12H13ClN2O/c1-15-10(8-14-12(16)7-13)6-9-4-2-3-5-11(9)15/h2-6H,7-8H2,1H3,(H,14,16). The third-order valence-electron chi connectivity index (χ3n) is 2.64. The maximum absolute atomic E-state index is 11.1. The van der Waals surface area contributed by atoms with Gasteiger partial charge < -0.3 is 9.88 Å². The lowest BCUT2D eigenvalue weighted by Gasteiger charge is -2.05. The topological polar surface area (TPSA) is 34.0 Å². The normalized spacial score (nSPS) is 10.6. The number of rotatable bonds is 3. The first kappa shape index (κ1) is 11.0. The van der Waals surface area contributed by atoms with Crippen LogP contribution in [0.25, 0.3) is 10.9 Å². The summed E-state index contributed by atoms with van der Waals surface area (Å²) in [6.07, 6.45) is 0. The van der Waals surface area contributed by atoms with Gasteiger partial charge in [0, 0.05) is 18.3 Å². The Balaban J connectivity index is 2.24. The van der Waals surface area contributed by atoms with Gasteiger partial charge in [-0.25, -0.2) is 0 Å². The summed E-state index contributed by atoms with van der Waals surface area (Å²) in [5, 5.41) is 3.94. The summed E-state index contributed by atoms with van der Waals surface area (Å²) in [5.41, 5.74) is 2.23. The maximum Gasteiger partial charge on any atom is 0.235 e.